The fraction of sp³-hybridized carbons (Fsp3) is 0.750. The van der Waals surface area contributed by atoms with Crippen LogP contribution in [0.5, 0.6) is 0 Å². The zero-order chi connectivity index (χ0) is 12.8. The third-order valence-electron chi connectivity index (χ3n) is 4.39. The molecule has 0 radical (unpaired) electrons. The van der Waals surface area contributed by atoms with Crippen LogP contribution >= 0.6 is 11.3 Å². The highest BCUT2D eigenvalue weighted by Gasteiger charge is 2.27. The molecule has 1 nitrogen and oxygen atoms in total. The maximum atomic E-state index is 3.71. The van der Waals surface area contributed by atoms with Crippen LogP contribution < -0.4 is 5.32 Å². The van der Waals surface area contributed by atoms with E-state index in [4.69, 9.17) is 0 Å². The molecule has 0 amide bonds. The molecule has 1 atom stereocenters. The maximum absolute atomic E-state index is 3.71. The second-order valence-corrected chi connectivity index (χ2v) is 6.44. The summed E-state index contributed by atoms with van der Waals surface area (Å²) in [5.41, 5.74) is 1.51. The van der Waals surface area contributed by atoms with E-state index in [0.29, 0.717) is 6.04 Å². The third kappa shape index (κ3) is 3.58. The van der Waals surface area contributed by atoms with Crippen molar-refractivity contribution in [3.63, 3.8) is 0 Å². The average molecular weight is 265 g/mol. The molecule has 0 bridgehead atoms. The van der Waals surface area contributed by atoms with E-state index in [2.05, 4.69) is 36.0 Å². The Hall–Kier alpha value is -0.340. The van der Waals surface area contributed by atoms with Crippen molar-refractivity contribution in [3.8, 4) is 0 Å². The summed E-state index contributed by atoms with van der Waals surface area (Å²) in [4.78, 5) is 0. The van der Waals surface area contributed by atoms with Crippen molar-refractivity contribution in [3.05, 3.63) is 22.4 Å². The average Bonchev–Trinajstić information content (AvgIpc) is 2.91. The fourth-order valence-corrected chi connectivity index (χ4v) is 4.14. The van der Waals surface area contributed by atoms with Gasteiger partial charge in [-0.05, 0) is 53.6 Å². The van der Waals surface area contributed by atoms with Crippen LogP contribution in [0.1, 0.15) is 64.0 Å². The lowest BCUT2D eigenvalue weighted by Gasteiger charge is -2.34. The quantitative estimate of drug-likeness (QED) is 0.762. The number of hydrogen-bond donors (Lipinski definition) is 1. The molecule has 0 aromatic carbocycles. The van der Waals surface area contributed by atoms with Crippen molar-refractivity contribution in [2.45, 2.75) is 58.4 Å². The van der Waals surface area contributed by atoms with Gasteiger partial charge in [0, 0.05) is 6.04 Å². The first-order chi connectivity index (χ1) is 8.85. The number of hydrogen-bond acceptors (Lipinski definition) is 2. The van der Waals surface area contributed by atoms with Gasteiger partial charge >= 0.3 is 0 Å². The van der Waals surface area contributed by atoms with Crippen molar-refractivity contribution in [1.29, 1.82) is 0 Å². The van der Waals surface area contributed by atoms with E-state index in [1.54, 1.807) is 0 Å². The van der Waals surface area contributed by atoms with Crippen LogP contribution in [0.15, 0.2) is 16.8 Å². The smallest absolute Gasteiger partial charge is 0.0356 e. The summed E-state index contributed by atoms with van der Waals surface area (Å²) in [6.45, 7) is 5.62. The van der Waals surface area contributed by atoms with Gasteiger partial charge in [0.1, 0.15) is 0 Å². The van der Waals surface area contributed by atoms with Crippen molar-refractivity contribution in [2.24, 2.45) is 11.8 Å². The van der Waals surface area contributed by atoms with Crippen LogP contribution in [0.4, 0.5) is 0 Å². The SMILES string of the molecule is CCCC1CCC(C(NCC)c2ccsc2)CC1. The highest BCUT2D eigenvalue weighted by atomic mass is 32.1. The second-order valence-electron chi connectivity index (χ2n) is 5.66. The van der Waals surface area contributed by atoms with Crippen LogP contribution in [-0.4, -0.2) is 6.54 Å². The molecule has 1 aromatic rings. The summed E-state index contributed by atoms with van der Waals surface area (Å²) in [6.07, 6.45) is 8.53. The van der Waals surface area contributed by atoms with E-state index in [-0.39, 0.29) is 0 Å². The number of nitrogens with one attached hydrogen (secondary N) is 1. The molecule has 1 aliphatic rings. The van der Waals surface area contributed by atoms with Gasteiger partial charge in [0.15, 0.2) is 0 Å². The monoisotopic (exact) mass is 265 g/mol. The highest BCUT2D eigenvalue weighted by Crippen LogP contribution is 2.38. The maximum Gasteiger partial charge on any atom is 0.0356 e. The Morgan fingerprint density at radius 2 is 2.06 bits per heavy atom. The van der Waals surface area contributed by atoms with E-state index in [1.807, 2.05) is 11.3 Å². The van der Waals surface area contributed by atoms with E-state index in [0.717, 1.165) is 18.4 Å². The molecule has 0 saturated heterocycles. The normalized spacial score (nSPS) is 26.1. The van der Waals surface area contributed by atoms with Gasteiger partial charge in [-0.2, -0.15) is 11.3 Å². The molecule has 1 heterocycles. The summed E-state index contributed by atoms with van der Waals surface area (Å²) in [7, 11) is 0. The van der Waals surface area contributed by atoms with Gasteiger partial charge in [-0.15, -0.1) is 0 Å². The lowest BCUT2D eigenvalue weighted by molar-refractivity contribution is 0.216. The number of thiophene rings is 1. The van der Waals surface area contributed by atoms with Crippen LogP contribution in [0, 0.1) is 11.8 Å². The molecule has 1 unspecified atom stereocenters. The Morgan fingerprint density at radius 3 is 2.61 bits per heavy atom. The first-order valence-electron chi connectivity index (χ1n) is 7.60. The van der Waals surface area contributed by atoms with Crippen LogP contribution in [-0.2, 0) is 0 Å². The van der Waals surface area contributed by atoms with Crippen LogP contribution in [0.2, 0.25) is 0 Å². The molecule has 1 aromatic heterocycles. The van der Waals surface area contributed by atoms with Crippen LogP contribution in [0.3, 0.4) is 0 Å². The topological polar surface area (TPSA) is 12.0 Å². The van der Waals surface area contributed by atoms with E-state index in [1.165, 1.54) is 44.1 Å². The summed E-state index contributed by atoms with van der Waals surface area (Å²) in [5.74, 6) is 1.86. The van der Waals surface area contributed by atoms with E-state index >= 15 is 0 Å². The molecule has 0 spiro atoms. The molecular formula is C16H27NS. The van der Waals surface area contributed by atoms with E-state index < -0.39 is 0 Å². The van der Waals surface area contributed by atoms with E-state index in [9.17, 15) is 0 Å². The largest absolute Gasteiger partial charge is 0.310 e. The first-order valence-corrected chi connectivity index (χ1v) is 8.54. The molecule has 1 saturated carbocycles. The lowest BCUT2D eigenvalue weighted by Crippen LogP contribution is -2.30. The summed E-state index contributed by atoms with van der Waals surface area (Å²) < 4.78 is 0. The summed E-state index contributed by atoms with van der Waals surface area (Å²) in [5, 5.41) is 8.24. The minimum atomic E-state index is 0.601. The van der Waals surface area contributed by atoms with Gasteiger partial charge in [-0.1, -0.05) is 39.5 Å². The standard InChI is InChI=1S/C16H27NS/c1-3-5-13-6-8-14(9-7-13)16(17-4-2)15-10-11-18-12-15/h10-14,16-17H,3-9H2,1-2H3. The molecule has 2 heteroatoms. The molecule has 1 N–H and O–H groups in total. The predicted molar refractivity (Wildman–Crippen MR) is 81.1 cm³/mol. The van der Waals surface area contributed by atoms with Gasteiger partial charge in [0.2, 0.25) is 0 Å². The molecule has 102 valence electrons. The van der Waals surface area contributed by atoms with Crippen LogP contribution in [0.25, 0.3) is 0 Å². The third-order valence-corrected chi connectivity index (χ3v) is 5.09. The Kier molecular flexibility index (Phi) is 5.71. The molecule has 0 aliphatic heterocycles. The van der Waals surface area contributed by atoms with Crippen molar-refractivity contribution in [2.75, 3.05) is 6.54 Å². The Morgan fingerprint density at radius 1 is 1.28 bits per heavy atom. The van der Waals surface area contributed by atoms with Gasteiger partial charge in [0.25, 0.3) is 0 Å². The zero-order valence-corrected chi connectivity index (χ0v) is 12.6. The summed E-state index contributed by atoms with van der Waals surface area (Å²) in [6, 6.07) is 2.90. The Bertz CT molecular complexity index is 312. The molecule has 2 rings (SSSR count). The van der Waals surface area contributed by atoms with Gasteiger partial charge in [-0.3, -0.25) is 0 Å². The molecule has 1 fully saturated rings. The first kappa shape index (κ1) is 14.1. The van der Waals surface area contributed by atoms with Gasteiger partial charge < -0.3 is 5.32 Å². The van der Waals surface area contributed by atoms with Gasteiger partial charge in [-0.25, -0.2) is 0 Å². The zero-order valence-electron chi connectivity index (χ0n) is 11.8. The van der Waals surface area contributed by atoms with Crippen molar-refractivity contribution >= 4 is 11.3 Å². The van der Waals surface area contributed by atoms with Gasteiger partial charge in [0.05, 0.1) is 0 Å². The lowest BCUT2D eigenvalue weighted by atomic mass is 9.76. The minimum absolute atomic E-state index is 0.601. The summed E-state index contributed by atoms with van der Waals surface area (Å²) >= 11 is 1.83. The van der Waals surface area contributed by atoms with Crippen molar-refractivity contribution in [1.82, 2.24) is 5.32 Å². The molecular weight excluding hydrogens is 238 g/mol. The second kappa shape index (κ2) is 7.30. The minimum Gasteiger partial charge on any atom is -0.310 e. The predicted octanol–water partition coefficient (Wildman–Crippen LogP) is 5.01. The Labute approximate surface area is 116 Å². The molecule has 1 aliphatic carbocycles. The number of rotatable bonds is 6. The molecule has 18 heavy (non-hydrogen) atoms. The Balaban J connectivity index is 1.92. The highest BCUT2D eigenvalue weighted by molar-refractivity contribution is 7.07. The fourth-order valence-electron chi connectivity index (χ4n) is 3.45. The van der Waals surface area contributed by atoms with Crippen molar-refractivity contribution < 1.29 is 0 Å².